The third-order valence-corrected chi connectivity index (χ3v) is 6.16. The Morgan fingerprint density at radius 3 is 2.50 bits per heavy atom. The molecule has 0 aliphatic carbocycles. The van der Waals surface area contributed by atoms with Crippen molar-refractivity contribution in [3.63, 3.8) is 0 Å². The lowest BCUT2D eigenvalue weighted by Gasteiger charge is -2.27. The van der Waals surface area contributed by atoms with Crippen LogP contribution in [0.5, 0.6) is 11.5 Å². The molecule has 1 fully saturated rings. The Bertz CT molecular complexity index is 1420. The van der Waals surface area contributed by atoms with Gasteiger partial charge in [-0.1, -0.05) is 47.5 Å². The number of anilines is 1. The van der Waals surface area contributed by atoms with Gasteiger partial charge in [-0.2, -0.15) is 0 Å². The van der Waals surface area contributed by atoms with Crippen molar-refractivity contribution in [3.8, 4) is 11.5 Å². The number of carbonyl (C=O) groups excluding carboxylic acids is 3. The van der Waals surface area contributed by atoms with Gasteiger partial charge >= 0.3 is 6.03 Å². The summed E-state index contributed by atoms with van der Waals surface area (Å²) in [6.45, 7) is 1.56. The van der Waals surface area contributed by atoms with Crippen LogP contribution in [-0.4, -0.2) is 25.0 Å². The average Bonchev–Trinajstić information content (AvgIpc) is 2.84. The minimum absolute atomic E-state index is 0.0971. The number of benzene rings is 3. The summed E-state index contributed by atoms with van der Waals surface area (Å²) in [7, 11) is 1.39. The van der Waals surface area contributed by atoms with Gasteiger partial charge < -0.3 is 9.47 Å². The van der Waals surface area contributed by atoms with Gasteiger partial charge in [-0.25, -0.2) is 14.1 Å². The molecule has 4 rings (SSSR count). The van der Waals surface area contributed by atoms with Crippen molar-refractivity contribution >= 4 is 52.8 Å². The maximum Gasteiger partial charge on any atom is 0.335 e. The quantitative estimate of drug-likeness (QED) is 0.328. The molecule has 0 atom stereocenters. The standard InChI is InChI=1S/C26H19Cl2FN2O5/c1-14-18(27)7-5-9-21(14)31-25(33)17(24(32)30-26(31)34)10-15-11-19(28)23(22(12-15)35-2)36-13-16-6-3-4-8-20(16)29/h3-12H,13H2,1-2H3,(H,30,32,34)/b17-10+. The van der Waals surface area contributed by atoms with Crippen LogP contribution in [0.15, 0.2) is 60.2 Å². The fraction of sp³-hybridized carbons (Fsp3) is 0.115. The second-order valence-corrected chi connectivity index (χ2v) is 8.57. The second-order valence-electron chi connectivity index (χ2n) is 7.76. The number of hydrogen-bond donors (Lipinski definition) is 1. The van der Waals surface area contributed by atoms with E-state index in [0.29, 0.717) is 21.7 Å². The van der Waals surface area contributed by atoms with Crippen molar-refractivity contribution in [2.45, 2.75) is 13.5 Å². The van der Waals surface area contributed by atoms with Gasteiger partial charge in [-0.3, -0.25) is 14.9 Å². The normalized spacial score (nSPS) is 14.8. The van der Waals surface area contributed by atoms with E-state index in [4.69, 9.17) is 32.7 Å². The summed E-state index contributed by atoms with van der Waals surface area (Å²) in [5.41, 5.74) is 1.11. The Balaban J connectivity index is 1.67. The van der Waals surface area contributed by atoms with Gasteiger partial charge in [-0.15, -0.1) is 0 Å². The molecule has 0 unspecified atom stereocenters. The number of nitrogens with one attached hydrogen (secondary N) is 1. The molecular weight excluding hydrogens is 510 g/mol. The Hall–Kier alpha value is -3.88. The van der Waals surface area contributed by atoms with E-state index in [1.54, 1.807) is 43.3 Å². The number of nitrogens with zero attached hydrogens (tertiary/aromatic N) is 1. The van der Waals surface area contributed by atoms with Crippen molar-refractivity contribution in [1.82, 2.24) is 5.32 Å². The summed E-state index contributed by atoms with van der Waals surface area (Å²) < 4.78 is 25.0. The third-order valence-electron chi connectivity index (χ3n) is 5.47. The maximum atomic E-state index is 13.9. The number of ether oxygens (including phenoxy) is 2. The molecule has 1 aliphatic rings. The molecule has 1 aliphatic heterocycles. The molecule has 1 N–H and O–H groups in total. The minimum atomic E-state index is -0.889. The molecule has 10 heteroatoms. The Morgan fingerprint density at radius 2 is 1.78 bits per heavy atom. The number of hydrogen-bond acceptors (Lipinski definition) is 5. The van der Waals surface area contributed by atoms with E-state index >= 15 is 0 Å². The molecule has 7 nitrogen and oxygen atoms in total. The lowest BCUT2D eigenvalue weighted by molar-refractivity contribution is -0.122. The number of halogens is 3. The second kappa shape index (κ2) is 10.4. The van der Waals surface area contributed by atoms with E-state index in [1.807, 2.05) is 0 Å². The van der Waals surface area contributed by atoms with Crippen LogP contribution in [0.1, 0.15) is 16.7 Å². The number of carbonyl (C=O) groups is 3. The molecule has 0 bridgehead atoms. The summed E-state index contributed by atoms with van der Waals surface area (Å²) in [6.07, 6.45) is 1.28. The summed E-state index contributed by atoms with van der Waals surface area (Å²) in [6, 6.07) is 13.0. The Kier molecular flexibility index (Phi) is 7.28. The minimum Gasteiger partial charge on any atom is -0.493 e. The summed E-state index contributed by atoms with van der Waals surface area (Å²) in [5.74, 6) is -1.76. The van der Waals surface area contributed by atoms with Crippen molar-refractivity contribution in [2.24, 2.45) is 0 Å². The highest BCUT2D eigenvalue weighted by molar-refractivity contribution is 6.40. The number of barbiturate groups is 1. The van der Waals surface area contributed by atoms with Crippen molar-refractivity contribution < 1.29 is 28.2 Å². The van der Waals surface area contributed by atoms with Crippen LogP contribution in [0.2, 0.25) is 10.0 Å². The van der Waals surface area contributed by atoms with Crippen LogP contribution in [-0.2, 0) is 16.2 Å². The largest absolute Gasteiger partial charge is 0.493 e. The van der Waals surface area contributed by atoms with Gasteiger partial charge in [-0.05, 0) is 54.5 Å². The third kappa shape index (κ3) is 4.91. The van der Waals surface area contributed by atoms with Gasteiger partial charge in [0.05, 0.1) is 17.8 Å². The highest BCUT2D eigenvalue weighted by Crippen LogP contribution is 2.38. The molecule has 3 aromatic carbocycles. The van der Waals surface area contributed by atoms with Crippen molar-refractivity contribution in [2.75, 3.05) is 12.0 Å². The molecule has 1 saturated heterocycles. The number of amides is 4. The van der Waals surface area contributed by atoms with Gasteiger partial charge in [0.2, 0.25) is 0 Å². The van der Waals surface area contributed by atoms with Crippen LogP contribution < -0.4 is 19.7 Å². The zero-order valence-corrected chi connectivity index (χ0v) is 20.6. The number of urea groups is 1. The van der Waals surface area contributed by atoms with E-state index < -0.39 is 23.7 Å². The monoisotopic (exact) mass is 528 g/mol. The highest BCUT2D eigenvalue weighted by Gasteiger charge is 2.37. The first-order chi connectivity index (χ1) is 17.2. The molecule has 0 spiro atoms. The molecule has 0 saturated carbocycles. The molecule has 0 radical (unpaired) electrons. The fourth-order valence-electron chi connectivity index (χ4n) is 3.61. The molecule has 1 heterocycles. The molecular formula is C26H19Cl2FN2O5. The molecule has 3 aromatic rings. The highest BCUT2D eigenvalue weighted by atomic mass is 35.5. The first-order valence-electron chi connectivity index (χ1n) is 10.6. The van der Waals surface area contributed by atoms with Gasteiger partial charge in [0.1, 0.15) is 18.0 Å². The zero-order chi connectivity index (χ0) is 26.0. The molecule has 184 valence electrons. The summed E-state index contributed by atoms with van der Waals surface area (Å²) in [5, 5.41) is 2.64. The van der Waals surface area contributed by atoms with E-state index in [2.05, 4.69) is 5.32 Å². The molecule has 4 amide bonds. The topological polar surface area (TPSA) is 84.9 Å². The SMILES string of the molecule is COc1cc(/C=C2\C(=O)NC(=O)N(c3cccc(Cl)c3C)C2=O)cc(Cl)c1OCc1ccccc1F. The van der Waals surface area contributed by atoms with Crippen LogP contribution in [0, 0.1) is 12.7 Å². The number of imide groups is 2. The molecule has 0 aromatic heterocycles. The smallest absolute Gasteiger partial charge is 0.335 e. The molecule has 36 heavy (non-hydrogen) atoms. The zero-order valence-electron chi connectivity index (χ0n) is 19.1. The van der Waals surface area contributed by atoms with Gasteiger partial charge in [0, 0.05) is 10.6 Å². The Morgan fingerprint density at radius 1 is 1.03 bits per heavy atom. The lowest BCUT2D eigenvalue weighted by atomic mass is 10.1. The lowest BCUT2D eigenvalue weighted by Crippen LogP contribution is -2.54. The van der Waals surface area contributed by atoms with Crippen molar-refractivity contribution in [1.29, 1.82) is 0 Å². The van der Waals surface area contributed by atoms with Crippen LogP contribution in [0.4, 0.5) is 14.9 Å². The van der Waals surface area contributed by atoms with Gasteiger partial charge in [0.25, 0.3) is 11.8 Å². The average molecular weight is 529 g/mol. The van der Waals surface area contributed by atoms with E-state index in [-0.39, 0.29) is 34.4 Å². The summed E-state index contributed by atoms with van der Waals surface area (Å²) in [4.78, 5) is 39.1. The van der Waals surface area contributed by atoms with Crippen LogP contribution in [0.25, 0.3) is 6.08 Å². The fourth-order valence-corrected chi connectivity index (χ4v) is 4.05. The number of rotatable bonds is 6. The van der Waals surface area contributed by atoms with E-state index in [0.717, 1.165) is 4.90 Å². The number of methoxy groups -OCH3 is 1. The maximum absolute atomic E-state index is 13.9. The summed E-state index contributed by atoms with van der Waals surface area (Å²) >= 11 is 12.6. The van der Waals surface area contributed by atoms with E-state index in [9.17, 15) is 18.8 Å². The van der Waals surface area contributed by atoms with Crippen LogP contribution in [0.3, 0.4) is 0 Å². The van der Waals surface area contributed by atoms with Crippen LogP contribution >= 0.6 is 23.2 Å². The predicted molar refractivity (Wildman–Crippen MR) is 134 cm³/mol. The Labute approximate surface area is 216 Å². The van der Waals surface area contributed by atoms with Crippen molar-refractivity contribution in [3.05, 3.63) is 92.7 Å². The first kappa shape index (κ1) is 25.2. The van der Waals surface area contributed by atoms with Gasteiger partial charge in [0.15, 0.2) is 11.5 Å². The predicted octanol–water partition coefficient (Wildman–Crippen LogP) is 5.69. The first-order valence-corrected chi connectivity index (χ1v) is 11.4. The van der Waals surface area contributed by atoms with E-state index in [1.165, 1.54) is 31.4 Å².